The number of carbonyl (C=O) groups is 2. The van der Waals surface area contributed by atoms with Gasteiger partial charge in [-0.1, -0.05) is 41.9 Å². The molecule has 1 aliphatic heterocycles. The number of aromatic nitrogens is 2. The second-order valence-electron chi connectivity index (χ2n) is 9.68. The van der Waals surface area contributed by atoms with Crippen LogP contribution in [0.15, 0.2) is 30.3 Å². The Morgan fingerprint density at radius 3 is 2.61 bits per heavy atom. The van der Waals surface area contributed by atoms with Crippen molar-refractivity contribution in [3.05, 3.63) is 62.6 Å². The normalized spacial score (nSPS) is 18.9. The molecule has 2 aliphatic rings. The number of alkyl halides is 3. The standard InChI is InChI=1S/C26H26ClF3N4O3S/c1-13(2)37-25(36)19-15-10-6-7-11-17(15)38-24(19)32-23(35)21-20(27)22-31-16(14-8-4-3-5-9-14)12-18(26(28,29)30)34(22)33-21/h3-5,8-9,13,16,18,31H,6-7,10-12H2,1-2H3,(H,32,35)/t16-,18+/m1/s1. The summed E-state index contributed by atoms with van der Waals surface area (Å²) in [4.78, 5) is 27.3. The van der Waals surface area contributed by atoms with Crippen LogP contribution >= 0.6 is 22.9 Å². The van der Waals surface area contributed by atoms with Gasteiger partial charge in [0.2, 0.25) is 0 Å². The summed E-state index contributed by atoms with van der Waals surface area (Å²) in [7, 11) is 0. The van der Waals surface area contributed by atoms with Crippen LogP contribution in [0, 0.1) is 0 Å². The molecule has 0 spiro atoms. The quantitative estimate of drug-likeness (QED) is 0.326. The number of hydrogen-bond acceptors (Lipinski definition) is 6. The lowest BCUT2D eigenvalue weighted by molar-refractivity contribution is -0.173. The summed E-state index contributed by atoms with van der Waals surface area (Å²) in [6, 6.07) is 6.07. The number of benzene rings is 1. The number of halogens is 4. The van der Waals surface area contributed by atoms with Crippen LogP contribution in [0.3, 0.4) is 0 Å². The van der Waals surface area contributed by atoms with Crippen LogP contribution in [0.1, 0.15) is 82.0 Å². The van der Waals surface area contributed by atoms with Gasteiger partial charge in [-0.05, 0) is 50.7 Å². The van der Waals surface area contributed by atoms with Gasteiger partial charge in [0.05, 0.1) is 17.7 Å². The number of hydrogen-bond donors (Lipinski definition) is 2. The minimum atomic E-state index is -4.62. The zero-order chi connectivity index (χ0) is 27.2. The number of nitrogens with zero attached hydrogens (tertiary/aromatic N) is 2. The average molecular weight is 567 g/mol. The van der Waals surface area contributed by atoms with Gasteiger partial charge in [-0.25, -0.2) is 9.48 Å². The maximum absolute atomic E-state index is 14.1. The van der Waals surface area contributed by atoms with E-state index < -0.39 is 30.1 Å². The van der Waals surface area contributed by atoms with Crippen LogP contribution in [0.25, 0.3) is 0 Å². The molecule has 3 heterocycles. The third-order valence-electron chi connectivity index (χ3n) is 6.66. The highest BCUT2D eigenvalue weighted by molar-refractivity contribution is 7.17. The van der Waals surface area contributed by atoms with Gasteiger partial charge in [0.25, 0.3) is 5.91 Å². The molecule has 0 unspecified atom stereocenters. The first-order valence-corrected chi connectivity index (χ1v) is 13.6. The number of esters is 1. The molecule has 0 saturated heterocycles. The van der Waals surface area contributed by atoms with Gasteiger partial charge in [-0.2, -0.15) is 18.3 Å². The molecule has 2 atom stereocenters. The van der Waals surface area contributed by atoms with Crippen molar-refractivity contribution in [2.24, 2.45) is 0 Å². The van der Waals surface area contributed by atoms with Gasteiger partial charge in [0.1, 0.15) is 15.8 Å². The van der Waals surface area contributed by atoms with Crippen LogP contribution < -0.4 is 10.6 Å². The summed E-state index contributed by atoms with van der Waals surface area (Å²) >= 11 is 7.76. The number of carbonyl (C=O) groups excluding carboxylic acids is 2. The number of anilines is 2. The lowest BCUT2D eigenvalue weighted by Gasteiger charge is -2.33. The molecule has 0 radical (unpaired) electrons. The van der Waals surface area contributed by atoms with E-state index in [1.165, 1.54) is 11.3 Å². The van der Waals surface area contributed by atoms with Crippen molar-refractivity contribution < 1.29 is 27.5 Å². The predicted octanol–water partition coefficient (Wildman–Crippen LogP) is 6.95. The van der Waals surface area contributed by atoms with E-state index in [4.69, 9.17) is 16.3 Å². The lowest BCUT2D eigenvalue weighted by Crippen LogP contribution is -2.35. The zero-order valence-electron chi connectivity index (χ0n) is 20.7. The van der Waals surface area contributed by atoms with Gasteiger partial charge >= 0.3 is 12.1 Å². The molecule has 202 valence electrons. The van der Waals surface area contributed by atoms with Gasteiger partial charge in [-0.15, -0.1) is 11.3 Å². The number of rotatable bonds is 5. The van der Waals surface area contributed by atoms with Crippen molar-refractivity contribution in [1.82, 2.24) is 9.78 Å². The molecular formula is C26H26ClF3N4O3S. The monoisotopic (exact) mass is 566 g/mol. The van der Waals surface area contributed by atoms with Crippen molar-refractivity contribution in [2.45, 2.75) is 70.3 Å². The van der Waals surface area contributed by atoms with Gasteiger partial charge in [0, 0.05) is 11.3 Å². The van der Waals surface area contributed by atoms with Crippen molar-refractivity contribution in [3.63, 3.8) is 0 Å². The van der Waals surface area contributed by atoms with E-state index in [-0.39, 0.29) is 34.1 Å². The summed E-state index contributed by atoms with van der Waals surface area (Å²) in [5.41, 5.74) is 1.45. The first kappa shape index (κ1) is 26.6. The fourth-order valence-electron chi connectivity index (χ4n) is 4.94. The molecule has 0 fully saturated rings. The highest BCUT2D eigenvalue weighted by Gasteiger charge is 2.48. The number of ether oxygens (including phenoxy) is 1. The third kappa shape index (κ3) is 5.01. The van der Waals surface area contributed by atoms with Crippen molar-refractivity contribution in [2.75, 3.05) is 10.6 Å². The summed E-state index contributed by atoms with van der Waals surface area (Å²) in [5.74, 6) is -1.42. The lowest BCUT2D eigenvalue weighted by atomic mass is 9.95. The van der Waals surface area contributed by atoms with E-state index in [1.807, 2.05) is 0 Å². The molecule has 1 amide bonds. The minimum absolute atomic E-state index is 0.0795. The maximum Gasteiger partial charge on any atom is 0.410 e. The summed E-state index contributed by atoms with van der Waals surface area (Å²) < 4.78 is 48.4. The molecule has 3 aromatic rings. The van der Waals surface area contributed by atoms with E-state index in [2.05, 4.69) is 15.7 Å². The number of aryl methyl sites for hydroxylation is 1. The van der Waals surface area contributed by atoms with Crippen LogP contribution in [-0.2, 0) is 17.6 Å². The molecule has 1 aromatic carbocycles. The molecule has 1 aliphatic carbocycles. The molecule has 0 saturated carbocycles. The Hall–Kier alpha value is -3.05. The molecule has 2 aromatic heterocycles. The molecule has 5 rings (SSSR count). The summed E-state index contributed by atoms with van der Waals surface area (Å²) in [6.07, 6.45) is -1.96. The molecule has 2 N–H and O–H groups in total. The Kier molecular flexibility index (Phi) is 7.17. The molecule has 12 heteroatoms. The van der Waals surface area contributed by atoms with Gasteiger partial charge < -0.3 is 15.4 Å². The van der Waals surface area contributed by atoms with E-state index in [0.717, 1.165) is 34.4 Å². The second kappa shape index (κ2) is 10.3. The third-order valence-corrected chi connectivity index (χ3v) is 8.22. The number of fused-ring (bicyclic) bond motifs is 2. The zero-order valence-corrected chi connectivity index (χ0v) is 22.3. The maximum atomic E-state index is 14.1. The number of nitrogens with one attached hydrogen (secondary N) is 2. The molecule has 38 heavy (non-hydrogen) atoms. The van der Waals surface area contributed by atoms with E-state index in [9.17, 15) is 22.8 Å². The van der Waals surface area contributed by atoms with Gasteiger partial charge in [-0.3, -0.25) is 4.79 Å². The number of amides is 1. The van der Waals surface area contributed by atoms with Crippen LogP contribution in [-0.4, -0.2) is 33.9 Å². The minimum Gasteiger partial charge on any atom is -0.459 e. The Morgan fingerprint density at radius 1 is 1.21 bits per heavy atom. The van der Waals surface area contributed by atoms with Crippen LogP contribution in [0.5, 0.6) is 0 Å². The SMILES string of the molecule is CC(C)OC(=O)c1c(NC(=O)c2nn3c(c2Cl)N[C@@H](c2ccccc2)C[C@H]3C(F)(F)F)sc2c1CCCC2. The Bertz CT molecular complexity index is 1370. The first-order valence-electron chi connectivity index (χ1n) is 12.4. The fraction of sp³-hybridized carbons (Fsp3) is 0.423. The van der Waals surface area contributed by atoms with Crippen molar-refractivity contribution in [3.8, 4) is 0 Å². The highest BCUT2D eigenvalue weighted by Crippen LogP contribution is 2.46. The van der Waals surface area contributed by atoms with E-state index >= 15 is 0 Å². The van der Waals surface area contributed by atoms with E-state index in [0.29, 0.717) is 17.5 Å². The Morgan fingerprint density at radius 2 is 1.92 bits per heavy atom. The second-order valence-corrected chi connectivity index (χ2v) is 11.2. The smallest absolute Gasteiger partial charge is 0.410 e. The van der Waals surface area contributed by atoms with Crippen molar-refractivity contribution in [1.29, 1.82) is 0 Å². The average Bonchev–Trinajstić information content (AvgIpc) is 3.40. The predicted molar refractivity (Wildman–Crippen MR) is 139 cm³/mol. The summed E-state index contributed by atoms with van der Waals surface area (Å²) in [6.45, 7) is 3.47. The largest absolute Gasteiger partial charge is 0.459 e. The first-order chi connectivity index (χ1) is 18.0. The topological polar surface area (TPSA) is 85.2 Å². The van der Waals surface area contributed by atoms with Crippen LogP contribution in [0.2, 0.25) is 5.02 Å². The fourth-order valence-corrected chi connectivity index (χ4v) is 6.48. The summed E-state index contributed by atoms with van der Waals surface area (Å²) in [5, 5.41) is 9.80. The van der Waals surface area contributed by atoms with Gasteiger partial charge in [0.15, 0.2) is 11.7 Å². The van der Waals surface area contributed by atoms with E-state index in [1.54, 1.807) is 44.2 Å². The van der Waals surface area contributed by atoms with Crippen LogP contribution in [0.4, 0.5) is 24.0 Å². The molecular weight excluding hydrogens is 541 g/mol. The Balaban J connectivity index is 1.50. The molecule has 7 nitrogen and oxygen atoms in total. The highest BCUT2D eigenvalue weighted by atomic mass is 35.5. The van der Waals surface area contributed by atoms with Crippen molar-refractivity contribution >= 4 is 45.6 Å². The Labute approximate surface area is 226 Å². The number of thiophene rings is 1. The molecule has 0 bridgehead atoms.